The molecule has 6 nitrogen and oxygen atoms in total. The lowest BCUT2D eigenvalue weighted by Gasteiger charge is -2.10. The number of nitrogens with zero attached hydrogens (tertiary/aromatic N) is 2. The fourth-order valence-corrected chi connectivity index (χ4v) is 2.44. The van der Waals surface area contributed by atoms with Crippen LogP contribution < -0.4 is 14.9 Å². The number of ether oxygens (including phenoxy) is 2. The summed E-state index contributed by atoms with van der Waals surface area (Å²) in [6.45, 7) is 4.78. The van der Waals surface area contributed by atoms with Crippen LogP contribution in [-0.2, 0) is 0 Å². The van der Waals surface area contributed by atoms with Crippen LogP contribution in [0.4, 0.5) is 5.95 Å². The number of fused-ring (bicyclic) bond motifs is 1. The number of rotatable bonds is 7. The van der Waals surface area contributed by atoms with Gasteiger partial charge in [0.05, 0.1) is 31.0 Å². The summed E-state index contributed by atoms with van der Waals surface area (Å²) in [6, 6.07) is 11.8. The summed E-state index contributed by atoms with van der Waals surface area (Å²) in [5.41, 5.74) is 6.89. The Hall–Kier alpha value is -3.02. The van der Waals surface area contributed by atoms with Gasteiger partial charge in [-0.15, -0.1) is 0 Å². The number of benzene rings is 2. The highest BCUT2D eigenvalue weighted by atomic mass is 16.5. The van der Waals surface area contributed by atoms with Crippen molar-refractivity contribution in [3.8, 4) is 11.5 Å². The van der Waals surface area contributed by atoms with Crippen LogP contribution >= 0.6 is 0 Å². The van der Waals surface area contributed by atoms with Crippen LogP contribution in [0.5, 0.6) is 11.5 Å². The van der Waals surface area contributed by atoms with Gasteiger partial charge < -0.3 is 14.5 Å². The lowest BCUT2D eigenvalue weighted by atomic mass is 10.2. The molecule has 0 amide bonds. The van der Waals surface area contributed by atoms with E-state index in [1.807, 2.05) is 37.3 Å². The van der Waals surface area contributed by atoms with Gasteiger partial charge in [0.1, 0.15) is 0 Å². The largest absolute Gasteiger partial charge is 0.493 e. The molecule has 2 N–H and O–H groups in total. The van der Waals surface area contributed by atoms with E-state index in [1.54, 1.807) is 13.3 Å². The third-order valence-corrected chi connectivity index (χ3v) is 3.67. The highest BCUT2D eigenvalue weighted by molar-refractivity contribution is 5.82. The molecular weight excluding hydrogens is 316 g/mol. The second kappa shape index (κ2) is 7.70. The van der Waals surface area contributed by atoms with Crippen molar-refractivity contribution in [3.05, 3.63) is 47.5 Å². The van der Waals surface area contributed by atoms with Crippen LogP contribution in [0.2, 0.25) is 0 Å². The van der Waals surface area contributed by atoms with E-state index in [-0.39, 0.29) is 0 Å². The Morgan fingerprint density at radius 2 is 2.08 bits per heavy atom. The summed E-state index contributed by atoms with van der Waals surface area (Å²) in [6.07, 6.45) is 2.66. The third kappa shape index (κ3) is 4.09. The maximum atomic E-state index is 5.65. The fourth-order valence-electron chi connectivity index (χ4n) is 2.44. The molecule has 1 aromatic heterocycles. The van der Waals surface area contributed by atoms with Gasteiger partial charge in [0, 0.05) is 0 Å². The van der Waals surface area contributed by atoms with Gasteiger partial charge in [0.15, 0.2) is 11.5 Å². The van der Waals surface area contributed by atoms with Crippen molar-refractivity contribution < 1.29 is 9.47 Å². The summed E-state index contributed by atoms with van der Waals surface area (Å²) in [5.74, 6) is 2.03. The van der Waals surface area contributed by atoms with Gasteiger partial charge in [-0.3, -0.25) is 0 Å². The number of hydrogen-bond donors (Lipinski definition) is 2. The lowest BCUT2D eigenvalue weighted by molar-refractivity contribution is 0.294. The molecular formula is C19H22N4O2. The van der Waals surface area contributed by atoms with Crippen molar-refractivity contribution in [2.75, 3.05) is 19.1 Å². The third-order valence-electron chi connectivity index (χ3n) is 3.67. The van der Waals surface area contributed by atoms with Crippen LogP contribution in [0.1, 0.15) is 24.5 Å². The number of methoxy groups -OCH3 is 1. The minimum absolute atomic E-state index is 0.603. The van der Waals surface area contributed by atoms with E-state index >= 15 is 0 Å². The molecule has 0 aliphatic rings. The second-order valence-corrected chi connectivity index (χ2v) is 5.73. The zero-order valence-electron chi connectivity index (χ0n) is 14.7. The first-order valence-electron chi connectivity index (χ1n) is 8.26. The molecule has 0 saturated heterocycles. The summed E-state index contributed by atoms with van der Waals surface area (Å²) in [5, 5.41) is 4.23. The van der Waals surface area contributed by atoms with Crippen molar-refractivity contribution >= 4 is 23.2 Å². The van der Waals surface area contributed by atoms with Crippen molar-refractivity contribution in [3.63, 3.8) is 0 Å². The van der Waals surface area contributed by atoms with E-state index in [2.05, 4.69) is 33.5 Å². The Morgan fingerprint density at radius 3 is 2.88 bits per heavy atom. The molecule has 6 heteroatoms. The number of anilines is 1. The Labute approximate surface area is 146 Å². The van der Waals surface area contributed by atoms with Gasteiger partial charge in [0.2, 0.25) is 5.95 Å². The molecule has 2 aromatic carbocycles. The molecule has 3 rings (SSSR count). The maximum absolute atomic E-state index is 5.65. The number of aromatic nitrogens is 2. The number of H-pyrrole nitrogens is 1. The van der Waals surface area contributed by atoms with Crippen LogP contribution in [-0.4, -0.2) is 29.9 Å². The normalized spacial score (nSPS) is 11.2. The van der Waals surface area contributed by atoms with E-state index in [0.717, 1.165) is 28.8 Å². The van der Waals surface area contributed by atoms with Crippen LogP contribution in [0.25, 0.3) is 11.0 Å². The predicted molar refractivity (Wildman–Crippen MR) is 101 cm³/mol. The Bertz CT molecular complexity index is 886. The summed E-state index contributed by atoms with van der Waals surface area (Å²) >= 11 is 0. The number of imidazole rings is 1. The van der Waals surface area contributed by atoms with Gasteiger partial charge in [-0.05, 0) is 54.8 Å². The number of hydrogen-bond acceptors (Lipinski definition) is 5. The molecule has 0 saturated carbocycles. The first kappa shape index (κ1) is 16.8. The van der Waals surface area contributed by atoms with Crippen LogP contribution in [0.15, 0.2) is 41.5 Å². The van der Waals surface area contributed by atoms with Crippen LogP contribution in [0.3, 0.4) is 0 Å². The van der Waals surface area contributed by atoms with Gasteiger partial charge >= 0.3 is 0 Å². The molecule has 0 aliphatic heterocycles. The number of aryl methyl sites for hydroxylation is 1. The zero-order chi connectivity index (χ0) is 17.6. The molecule has 0 atom stereocenters. The minimum Gasteiger partial charge on any atom is -0.493 e. The number of nitrogens with one attached hydrogen (secondary N) is 2. The summed E-state index contributed by atoms with van der Waals surface area (Å²) < 4.78 is 11.0. The van der Waals surface area contributed by atoms with E-state index in [1.165, 1.54) is 5.56 Å². The average Bonchev–Trinajstić information content (AvgIpc) is 3.02. The van der Waals surface area contributed by atoms with Crippen molar-refractivity contribution in [2.45, 2.75) is 20.3 Å². The highest BCUT2D eigenvalue weighted by Gasteiger charge is 2.05. The predicted octanol–water partition coefficient (Wildman–Crippen LogP) is 4.11. The first-order chi connectivity index (χ1) is 12.2. The molecule has 0 radical (unpaired) electrons. The zero-order valence-corrected chi connectivity index (χ0v) is 14.7. The first-order valence-corrected chi connectivity index (χ1v) is 8.26. The van der Waals surface area contributed by atoms with Gasteiger partial charge in [-0.1, -0.05) is 13.0 Å². The van der Waals surface area contributed by atoms with Gasteiger partial charge in [-0.25, -0.2) is 10.4 Å². The monoisotopic (exact) mass is 338 g/mol. The second-order valence-electron chi connectivity index (χ2n) is 5.73. The molecule has 0 bridgehead atoms. The van der Waals surface area contributed by atoms with E-state index < -0.39 is 0 Å². The quantitative estimate of drug-likeness (QED) is 0.502. The SMILES string of the molecule is CCCOc1ccc(/C=N\Nc2nc3ccc(C)cc3[nH]2)cc1OC. The molecule has 3 aromatic rings. The smallest absolute Gasteiger partial charge is 0.222 e. The standard InChI is InChI=1S/C19H22N4O2/c1-4-9-25-17-8-6-14(11-18(17)24-3)12-20-23-19-21-15-7-5-13(2)10-16(15)22-19/h5-8,10-12H,4,9H2,1-3H3,(H2,21,22,23)/b20-12-. The summed E-state index contributed by atoms with van der Waals surface area (Å²) in [7, 11) is 1.63. The topological polar surface area (TPSA) is 71.5 Å². The number of aromatic amines is 1. The molecule has 0 unspecified atom stereocenters. The van der Waals surface area contributed by atoms with Crippen molar-refractivity contribution in [1.29, 1.82) is 0 Å². The molecule has 0 spiro atoms. The summed E-state index contributed by atoms with van der Waals surface area (Å²) in [4.78, 5) is 7.64. The molecule has 0 aliphatic carbocycles. The molecule has 130 valence electrons. The lowest BCUT2D eigenvalue weighted by Crippen LogP contribution is -1.99. The average molecular weight is 338 g/mol. The Kier molecular flexibility index (Phi) is 5.18. The van der Waals surface area contributed by atoms with Crippen molar-refractivity contribution in [1.82, 2.24) is 9.97 Å². The number of hydrazone groups is 1. The Morgan fingerprint density at radius 1 is 1.20 bits per heavy atom. The van der Waals surface area contributed by atoms with E-state index in [0.29, 0.717) is 18.3 Å². The molecule has 1 heterocycles. The van der Waals surface area contributed by atoms with Gasteiger partial charge in [-0.2, -0.15) is 5.10 Å². The molecule has 0 fully saturated rings. The van der Waals surface area contributed by atoms with E-state index in [9.17, 15) is 0 Å². The molecule has 25 heavy (non-hydrogen) atoms. The highest BCUT2D eigenvalue weighted by Crippen LogP contribution is 2.27. The Balaban J connectivity index is 1.70. The van der Waals surface area contributed by atoms with E-state index in [4.69, 9.17) is 9.47 Å². The maximum Gasteiger partial charge on any atom is 0.222 e. The van der Waals surface area contributed by atoms with Crippen LogP contribution in [0, 0.1) is 6.92 Å². The van der Waals surface area contributed by atoms with Gasteiger partial charge in [0.25, 0.3) is 0 Å². The minimum atomic E-state index is 0.603. The fraction of sp³-hybridized carbons (Fsp3) is 0.263. The van der Waals surface area contributed by atoms with Crippen molar-refractivity contribution in [2.24, 2.45) is 5.10 Å².